The molecule has 1 saturated heterocycles. The first kappa shape index (κ1) is 15.5. The van der Waals surface area contributed by atoms with Crippen LogP contribution in [0.25, 0.3) is 0 Å². The van der Waals surface area contributed by atoms with Crippen molar-refractivity contribution in [1.82, 2.24) is 19.3 Å². The van der Waals surface area contributed by atoms with E-state index in [4.69, 9.17) is 11.6 Å². The Labute approximate surface area is 134 Å². The Morgan fingerprint density at radius 1 is 1.14 bits per heavy atom. The number of hydrogen-bond acceptors (Lipinski definition) is 4. The van der Waals surface area contributed by atoms with E-state index in [1.54, 1.807) is 41.5 Å². The lowest BCUT2D eigenvalue weighted by Gasteiger charge is -2.30. The zero-order valence-corrected chi connectivity index (χ0v) is 13.5. The van der Waals surface area contributed by atoms with E-state index in [9.17, 15) is 8.42 Å². The van der Waals surface area contributed by atoms with Crippen LogP contribution in [-0.4, -0.2) is 40.8 Å². The topological polar surface area (TPSA) is 68.1 Å². The number of piperidine rings is 1. The molecule has 2 aromatic rings. The Bertz CT molecular complexity index is 725. The van der Waals surface area contributed by atoms with Crippen LogP contribution in [-0.2, 0) is 15.8 Å². The fraction of sp³-hybridized carbons (Fsp3) is 0.429. The average Bonchev–Trinajstić information content (AvgIpc) is 3.04. The molecule has 0 N–H and O–H groups in total. The highest BCUT2D eigenvalue weighted by atomic mass is 35.5. The summed E-state index contributed by atoms with van der Waals surface area (Å²) in [7, 11) is -3.35. The van der Waals surface area contributed by atoms with Crippen molar-refractivity contribution in [3.05, 3.63) is 47.2 Å². The Morgan fingerprint density at radius 3 is 2.41 bits per heavy atom. The van der Waals surface area contributed by atoms with Gasteiger partial charge < -0.3 is 0 Å². The second-order valence-electron chi connectivity index (χ2n) is 5.33. The van der Waals surface area contributed by atoms with E-state index in [-0.39, 0.29) is 11.8 Å². The second-order valence-corrected chi connectivity index (χ2v) is 7.70. The van der Waals surface area contributed by atoms with Gasteiger partial charge in [0.25, 0.3) is 0 Å². The van der Waals surface area contributed by atoms with Gasteiger partial charge in [-0.05, 0) is 24.5 Å². The highest BCUT2D eigenvalue weighted by Crippen LogP contribution is 2.25. The summed E-state index contributed by atoms with van der Waals surface area (Å²) in [5.41, 5.74) is 0.639. The van der Waals surface area contributed by atoms with E-state index in [1.807, 2.05) is 0 Å². The molecule has 1 aromatic carbocycles. The van der Waals surface area contributed by atoms with Crippen LogP contribution in [0.2, 0.25) is 5.02 Å². The molecule has 22 heavy (non-hydrogen) atoms. The van der Waals surface area contributed by atoms with Gasteiger partial charge in [-0.25, -0.2) is 12.7 Å². The Kier molecular flexibility index (Phi) is 4.46. The lowest BCUT2D eigenvalue weighted by Crippen LogP contribution is -2.40. The van der Waals surface area contributed by atoms with Crippen molar-refractivity contribution in [3.8, 4) is 0 Å². The molecule has 0 amide bonds. The minimum atomic E-state index is -3.35. The van der Waals surface area contributed by atoms with E-state index in [2.05, 4.69) is 10.2 Å². The molecule has 0 spiro atoms. The molecule has 3 rings (SSSR count). The molecule has 1 aromatic heterocycles. The van der Waals surface area contributed by atoms with E-state index in [0.29, 0.717) is 23.7 Å². The average molecular weight is 341 g/mol. The van der Waals surface area contributed by atoms with Crippen molar-refractivity contribution in [3.63, 3.8) is 0 Å². The number of sulfonamides is 1. The van der Waals surface area contributed by atoms with Gasteiger partial charge in [0.05, 0.1) is 24.2 Å². The number of aromatic nitrogens is 3. The van der Waals surface area contributed by atoms with Crippen molar-refractivity contribution in [2.75, 3.05) is 13.1 Å². The van der Waals surface area contributed by atoms with Gasteiger partial charge in [-0.1, -0.05) is 29.8 Å². The standard InChI is InChI=1S/C14H17ClN4O2S/c15-14-4-2-1-3-12(14)11-22(20,21)18-9-5-13(6-10-18)19-16-7-8-17-19/h1-4,7-8,13H,5-6,9-11H2. The summed E-state index contributed by atoms with van der Waals surface area (Å²) in [4.78, 5) is 1.66. The summed E-state index contributed by atoms with van der Waals surface area (Å²) in [6.07, 6.45) is 4.72. The van der Waals surface area contributed by atoms with Crippen molar-refractivity contribution in [2.45, 2.75) is 24.6 Å². The molecular formula is C14H17ClN4O2S. The third-order valence-corrected chi connectivity index (χ3v) is 6.07. The molecule has 118 valence electrons. The summed E-state index contributed by atoms with van der Waals surface area (Å²) in [6, 6.07) is 7.22. The van der Waals surface area contributed by atoms with Crippen LogP contribution in [0.15, 0.2) is 36.7 Å². The van der Waals surface area contributed by atoms with E-state index >= 15 is 0 Å². The van der Waals surface area contributed by atoms with E-state index < -0.39 is 10.0 Å². The molecule has 1 aliphatic rings. The molecular weight excluding hydrogens is 324 g/mol. The normalized spacial score (nSPS) is 17.7. The first-order chi connectivity index (χ1) is 10.6. The summed E-state index contributed by atoms with van der Waals surface area (Å²) in [5.74, 6) is -0.0582. The highest BCUT2D eigenvalue weighted by molar-refractivity contribution is 7.88. The maximum Gasteiger partial charge on any atom is 0.218 e. The van der Waals surface area contributed by atoms with Gasteiger partial charge in [0.15, 0.2) is 0 Å². The molecule has 0 atom stereocenters. The zero-order chi connectivity index (χ0) is 15.6. The monoisotopic (exact) mass is 340 g/mol. The van der Waals surface area contributed by atoms with Gasteiger partial charge in [-0.15, -0.1) is 0 Å². The molecule has 0 aliphatic carbocycles. The van der Waals surface area contributed by atoms with Crippen LogP contribution < -0.4 is 0 Å². The van der Waals surface area contributed by atoms with E-state index in [1.165, 1.54) is 4.31 Å². The number of hydrogen-bond donors (Lipinski definition) is 0. The summed E-state index contributed by atoms with van der Waals surface area (Å²) in [5, 5.41) is 8.74. The quantitative estimate of drug-likeness (QED) is 0.854. The number of rotatable bonds is 4. The van der Waals surface area contributed by atoms with Gasteiger partial charge in [0, 0.05) is 18.1 Å². The van der Waals surface area contributed by atoms with Gasteiger partial charge in [-0.2, -0.15) is 15.0 Å². The lowest BCUT2D eigenvalue weighted by atomic mass is 10.1. The van der Waals surface area contributed by atoms with Crippen molar-refractivity contribution in [1.29, 1.82) is 0 Å². The molecule has 6 nitrogen and oxygen atoms in total. The van der Waals surface area contributed by atoms with E-state index in [0.717, 1.165) is 12.8 Å². The summed E-state index contributed by atoms with van der Waals surface area (Å²) in [6.45, 7) is 0.970. The number of nitrogens with zero attached hydrogens (tertiary/aromatic N) is 4. The number of benzene rings is 1. The van der Waals surface area contributed by atoms with Gasteiger partial charge >= 0.3 is 0 Å². The predicted molar refractivity (Wildman–Crippen MR) is 83.9 cm³/mol. The van der Waals surface area contributed by atoms with Gasteiger partial charge in [0.2, 0.25) is 10.0 Å². The molecule has 0 unspecified atom stereocenters. The van der Waals surface area contributed by atoms with Crippen molar-refractivity contribution < 1.29 is 8.42 Å². The molecule has 0 radical (unpaired) electrons. The summed E-state index contributed by atoms with van der Waals surface area (Å²) >= 11 is 6.06. The smallest absolute Gasteiger partial charge is 0.212 e. The maximum absolute atomic E-state index is 12.5. The SMILES string of the molecule is O=S(=O)(Cc1ccccc1Cl)N1CCC(n2nccn2)CC1. The minimum absolute atomic E-state index is 0.0582. The molecule has 0 bridgehead atoms. The highest BCUT2D eigenvalue weighted by Gasteiger charge is 2.29. The fourth-order valence-corrected chi connectivity index (χ4v) is 4.55. The van der Waals surface area contributed by atoms with Crippen LogP contribution in [0.3, 0.4) is 0 Å². The van der Waals surface area contributed by atoms with Crippen LogP contribution in [0.4, 0.5) is 0 Å². The predicted octanol–water partition coefficient (Wildman–Crippen LogP) is 2.10. The summed E-state index contributed by atoms with van der Waals surface area (Å²) < 4.78 is 26.6. The van der Waals surface area contributed by atoms with Gasteiger partial charge in [-0.3, -0.25) is 0 Å². The second kappa shape index (κ2) is 6.36. The minimum Gasteiger partial charge on any atom is -0.212 e. The molecule has 0 saturated carbocycles. The third-order valence-electron chi connectivity index (χ3n) is 3.88. The molecule has 1 aliphatic heterocycles. The third kappa shape index (κ3) is 3.31. The van der Waals surface area contributed by atoms with Crippen LogP contribution in [0.5, 0.6) is 0 Å². The first-order valence-electron chi connectivity index (χ1n) is 7.13. The Hall–Kier alpha value is -1.44. The largest absolute Gasteiger partial charge is 0.218 e. The Balaban J connectivity index is 1.66. The van der Waals surface area contributed by atoms with Crippen molar-refractivity contribution in [2.24, 2.45) is 0 Å². The fourth-order valence-electron chi connectivity index (χ4n) is 2.67. The molecule has 8 heteroatoms. The number of halogens is 1. The molecule has 1 fully saturated rings. The lowest BCUT2D eigenvalue weighted by molar-refractivity contribution is 0.245. The van der Waals surface area contributed by atoms with Crippen LogP contribution >= 0.6 is 11.6 Å². The van der Waals surface area contributed by atoms with Crippen molar-refractivity contribution >= 4 is 21.6 Å². The molecule has 2 heterocycles. The van der Waals surface area contributed by atoms with Crippen LogP contribution in [0.1, 0.15) is 24.4 Å². The van der Waals surface area contributed by atoms with Crippen LogP contribution in [0, 0.1) is 0 Å². The first-order valence-corrected chi connectivity index (χ1v) is 9.12. The van der Waals surface area contributed by atoms with Gasteiger partial charge in [0.1, 0.15) is 0 Å². The zero-order valence-electron chi connectivity index (χ0n) is 12.0. The Morgan fingerprint density at radius 2 is 1.77 bits per heavy atom. The maximum atomic E-state index is 12.5.